The van der Waals surface area contributed by atoms with Crippen LogP contribution in [0, 0.1) is 0 Å². The van der Waals surface area contributed by atoms with Crippen LogP contribution in [0.15, 0.2) is 18.2 Å². The van der Waals surface area contributed by atoms with Crippen molar-refractivity contribution in [2.75, 3.05) is 14.1 Å². The molecule has 0 aliphatic heterocycles. The number of halogens is 2. The SMILES string of the molecule is CCC(C)(C(Cc1cccc(Cl)c1Cl)NN)N(C)C. The lowest BCUT2D eigenvalue weighted by molar-refractivity contribution is 0.112. The van der Waals surface area contributed by atoms with Gasteiger partial charge in [0.15, 0.2) is 0 Å². The van der Waals surface area contributed by atoms with Gasteiger partial charge in [0.25, 0.3) is 0 Å². The molecule has 2 atom stereocenters. The Morgan fingerprint density at radius 3 is 2.47 bits per heavy atom. The third-order valence-electron chi connectivity index (χ3n) is 4.14. The van der Waals surface area contributed by atoms with Gasteiger partial charge >= 0.3 is 0 Å². The van der Waals surface area contributed by atoms with Crippen LogP contribution in [0.5, 0.6) is 0 Å². The largest absolute Gasteiger partial charge is 0.302 e. The molecule has 5 heteroatoms. The minimum Gasteiger partial charge on any atom is -0.302 e. The van der Waals surface area contributed by atoms with Gasteiger partial charge in [-0.05, 0) is 45.5 Å². The van der Waals surface area contributed by atoms with Gasteiger partial charge in [0, 0.05) is 11.6 Å². The van der Waals surface area contributed by atoms with E-state index in [-0.39, 0.29) is 11.6 Å². The van der Waals surface area contributed by atoms with E-state index in [1.165, 1.54) is 0 Å². The number of nitrogens with zero attached hydrogens (tertiary/aromatic N) is 1. The van der Waals surface area contributed by atoms with Gasteiger partial charge in [-0.25, -0.2) is 0 Å². The van der Waals surface area contributed by atoms with Crippen LogP contribution in [-0.4, -0.2) is 30.6 Å². The second-order valence-electron chi connectivity index (χ2n) is 5.24. The van der Waals surface area contributed by atoms with Crippen molar-refractivity contribution in [3.8, 4) is 0 Å². The summed E-state index contributed by atoms with van der Waals surface area (Å²) < 4.78 is 0. The van der Waals surface area contributed by atoms with E-state index < -0.39 is 0 Å². The molecule has 3 N–H and O–H groups in total. The van der Waals surface area contributed by atoms with Gasteiger partial charge in [0.2, 0.25) is 0 Å². The molecule has 1 aromatic carbocycles. The fourth-order valence-corrected chi connectivity index (χ4v) is 2.66. The van der Waals surface area contributed by atoms with Gasteiger partial charge in [-0.2, -0.15) is 0 Å². The molecular weight excluding hydrogens is 281 g/mol. The Kier molecular flexibility index (Phi) is 6.09. The van der Waals surface area contributed by atoms with E-state index in [2.05, 4.69) is 38.3 Å². The zero-order chi connectivity index (χ0) is 14.6. The van der Waals surface area contributed by atoms with Gasteiger partial charge in [-0.15, -0.1) is 0 Å². The molecule has 0 saturated carbocycles. The third-order valence-corrected chi connectivity index (χ3v) is 5.00. The Balaban J connectivity index is 3.02. The van der Waals surface area contributed by atoms with Crippen molar-refractivity contribution in [1.29, 1.82) is 0 Å². The highest BCUT2D eigenvalue weighted by Gasteiger charge is 2.34. The summed E-state index contributed by atoms with van der Waals surface area (Å²) in [7, 11) is 4.13. The molecule has 0 heterocycles. The molecule has 2 unspecified atom stereocenters. The number of nitrogens with one attached hydrogen (secondary N) is 1. The first-order valence-corrected chi connectivity index (χ1v) is 7.18. The summed E-state index contributed by atoms with van der Waals surface area (Å²) in [6, 6.07) is 5.78. The summed E-state index contributed by atoms with van der Waals surface area (Å²) in [6.07, 6.45) is 1.71. The van der Waals surface area contributed by atoms with E-state index >= 15 is 0 Å². The average molecular weight is 304 g/mol. The highest BCUT2D eigenvalue weighted by atomic mass is 35.5. The standard InChI is InChI=1S/C14H23Cl2N3/c1-5-14(2,19(3)4)12(18-17)9-10-7-6-8-11(15)13(10)16/h6-8,12,18H,5,9,17H2,1-4H3. The Morgan fingerprint density at radius 2 is 2.00 bits per heavy atom. The smallest absolute Gasteiger partial charge is 0.0624 e. The van der Waals surface area contributed by atoms with Crippen LogP contribution in [0.1, 0.15) is 25.8 Å². The van der Waals surface area contributed by atoms with E-state index in [1.807, 2.05) is 12.1 Å². The van der Waals surface area contributed by atoms with Crippen LogP contribution < -0.4 is 11.3 Å². The zero-order valence-electron chi connectivity index (χ0n) is 12.0. The van der Waals surface area contributed by atoms with Crippen molar-refractivity contribution in [1.82, 2.24) is 10.3 Å². The van der Waals surface area contributed by atoms with Crippen LogP contribution in [0.25, 0.3) is 0 Å². The number of likely N-dealkylation sites (N-methyl/N-ethyl adjacent to an activating group) is 1. The maximum Gasteiger partial charge on any atom is 0.0624 e. The van der Waals surface area contributed by atoms with Crippen molar-refractivity contribution in [2.24, 2.45) is 5.84 Å². The summed E-state index contributed by atoms with van der Waals surface area (Å²) in [5.74, 6) is 5.76. The minimum atomic E-state index is -0.0552. The normalized spacial score (nSPS) is 16.4. The Hall–Kier alpha value is -0.320. The number of nitrogens with two attached hydrogens (primary N) is 1. The molecule has 0 bridgehead atoms. The van der Waals surface area contributed by atoms with Crippen LogP contribution in [0.3, 0.4) is 0 Å². The summed E-state index contributed by atoms with van der Waals surface area (Å²) in [4.78, 5) is 2.19. The van der Waals surface area contributed by atoms with Gasteiger partial charge < -0.3 is 4.90 Å². The predicted molar refractivity (Wildman–Crippen MR) is 83.7 cm³/mol. The Bertz CT molecular complexity index is 423. The lowest BCUT2D eigenvalue weighted by Gasteiger charge is -2.42. The van der Waals surface area contributed by atoms with Gasteiger partial charge in [-0.3, -0.25) is 11.3 Å². The lowest BCUT2D eigenvalue weighted by Crippen LogP contribution is -2.59. The summed E-state index contributed by atoms with van der Waals surface area (Å²) in [5.41, 5.74) is 3.88. The molecule has 0 amide bonds. The monoisotopic (exact) mass is 303 g/mol. The topological polar surface area (TPSA) is 41.3 Å². The minimum absolute atomic E-state index is 0.0552. The maximum atomic E-state index is 6.25. The molecule has 1 rings (SSSR count). The van der Waals surface area contributed by atoms with Gasteiger partial charge in [0.05, 0.1) is 10.0 Å². The number of hydrogen-bond acceptors (Lipinski definition) is 3. The van der Waals surface area contributed by atoms with E-state index in [0.717, 1.165) is 18.4 Å². The molecule has 0 radical (unpaired) electrons. The molecule has 3 nitrogen and oxygen atoms in total. The van der Waals surface area contributed by atoms with Gasteiger partial charge in [-0.1, -0.05) is 42.3 Å². The van der Waals surface area contributed by atoms with Crippen molar-refractivity contribution in [3.05, 3.63) is 33.8 Å². The van der Waals surface area contributed by atoms with Crippen molar-refractivity contribution in [3.63, 3.8) is 0 Å². The van der Waals surface area contributed by atoms with Crippen LogP contribution in [0.2, 0.25) is 10.0 Å². The molecule has 0 fully saturated rings. The van der Waals surface area contributed by atoms with E-state index in [4.69, 9.17) is 29.0 Å². The molecule has 1 aromatic rings. The lowest BCUT2D eigenvalue weighted by atomic mass is 9.84. The van der Waals surface area contributed by atoms with Gasteiger partial charge in [0.1, 0.15) is 0 Å². The number of hydrogen-bond donors (Lipinski definition) is 2. The Labute approximate surface area is 126 Å². The first kappa shape index (κ1) is 16.7. The molecule has 0 aliphatic rings. The second-order valence-corrected chi connectivity index (χ2v) is 6.03. The first-order valence-electron chi connectivity index (χ1n) is 6.43. The number of benzene rings is 1. The summed E-state index contributed by atoms with van der Waals surface area (Å²) in [6.45, 7) is 4.35. The van der Waals surface area contributed by atoms with E-state index in [1.54, 1.807) is 6.07 Å². The predicted octanol–water partition coefficient (Wildman–Crippen LogP) is 3.10. The number of hydrazine groups is 1. The third kappa shape index (κ3) is 3.61. The van der Waals surface area contributed by atoms with E-state index in [0.29, 0.717) is 10.0 Å². The molecule has 19 heavy (non-hydrogen) atoms. The van der Waals surface area contributed by atoms with Crippen molar-refractivity contribution >= 4 is 23.2 Å². The Morgan fingerprint density at radius 1 is 1.37 bits per heavy atom. The van der Waals surface area contributed by atoms with E-state index in [9.17, 15) is 0 Å². The van der Waals surface area contributed by atoms with Crippen LogP contribution in [0.4, 0.5) is 0 Å². The van der Waals surface area contributed by atoms with Crippen molar-refractivity contribution < 1.29 is 0 Å². The summed E-state index contributed by atoms with van der Waals surface area (Å²) >= 11 is 12.3. The molecule has 0 aromatic heterocycles. The molecule has 108 valence electrons. The zero-order valence-corrected chi connectivity index (χ0v) is 13.5. The fraction of sp³-hybridized carbons (Fsp3) is 0.571. The highest BCUT2D eigenvalue weighted by Crippen LogP contribution is 2.29. The average Bonchev–Trinajstić information content (AvgIpc) is 2.39. The van der Waals surface area contributed by atoms with Crippen LogP contribution >= 0.6 is 23.2 Å². The molecule has 0 saturated heterocycles. The number of rotatable bonds is 6. The molecule has 0 aliphatic carbocycles. The second kappa shape index (κ2) is 6.91. The first-order chi connectivity index (χ1) is 8.86. The maximum absolute atomic E-state index is 6.25. The highest BCUT2D eigenvalue weighted by molar-refractivity contribution is 6.42. The summed E-state index contributed by atoms with van der Waals surface area (Å²) in [5, 5.41) is 1.19. The van der Waals surface area contributed by atoms with Crippen LogP contribution in [-0.2, 0) is 6.42 Å². The fourth-order valence-electron chi connectivity index (χ4n) is 2.26. The van der Waals surface area contributed by atoms with Crippen molar-refractivity contribution in [2.45, 2.75) is 38.3 Å². The molecule has 0 spiro atoms. The molecular formula is C14H23Cl2N3. The quantitative estimate of drug-likeness (QED) is 0.627.